The van der Waals surface area contributed by atoms with Gasteiger partial charge in [-0.25, -0.2) is 19.6 Å². The molecule has 0 aliphatic carbocycles. The van der Waals surface area contributed by atoms with Crippen molar-refractivity contribution in [1.29, 1.82) is 0 Å². The Kier molecular flexibility index (Phi) is 14.1. The monoisotopic (exact) mass is 936 g/mol. The minimum Gasteiger partial charge on any atom is -0.453 e. The Morgan fingerprint density at radius 2 is 1.04 bits per heavy atom. The predicted octanol–water partition coefficient (Wildman–Crippen LogP) is 9.98. The summed E-state index contributed by atoms with van der Waals surface area (Å²) < 4.78 is 11.9. The lowest BCUT2D eigenvalue weighted by atomic mass is 9.87. The number of hydrogen-bond acceptors (Lipinski definition) is 8. The van der Waals surface area contributed by atoms with Crippen molar-refractivity contribution in [2.45, 2.75) is 104 Å². The van der Waals surface area contributed by atoms with Crippen LogP contribution >= 0.6 is 0 Å². The van der Waals surface area contributed by atoms with Gasteiger partial charge in [0, 0.05) is 18.8 Å². The summed E-state index contributed by atoms with van der Waals surface area (Å²) >= 11 is 0. The van der Waals surface area contributed by atoms with Crippen LogP contribution in [0.4, 0.5) is 9.59 Å². The molecular formula is C54H65N9O6. The first-order valence-electron chi connectivity index (χ1n) is 24.0. The number of hydrogen-bond donors (Lipinski definition) is 4. The number of aromatic nitrogens is 5. The number of carbonyl (C=O) groups is 4. The average molecular weight is 936 g/mol. The number of alkyl carbamates (subject to hydrolysis) is 2. The SMILES string of the molecule is COC(=O)NC(C(=O)N1CCCC1c1ncc(-c2ccc(-c3ccc(-c4ccc(-c5cnc(C6CCCN6C(=O)C(NC(=O)OC)C(C)C)[nH]5)cc4)n3-c3cccc(C(C)(C)C)c3)cc2)[nH]1)C(C)C. The molecule has 4 unspecified atom stereocenters. The number of nitrogens with one attached hydrogen (secondary N) is 4. The number of aromatic amines is 2. The van der Waals surface area contributed by atoms with Crippen LogP contribution in [0.1, 0.15) is 103 Å². The van der Waals surface area contributed by atoms with Gasteiger partial charge in [-0.2, -0.15) is 0 Å². The Morgan fingerprint density at radius 1 is 0.623 bits per heavy atom. The molecule has 69 heavy (non-hydrogen) atoms. The van der Waals surface area contributed by atoms with Crippen LogP contribution in [0.2, 0.25) is 0 Å². The molecule has 6 aromatic rings. The van der Waals surface area contributed by atoms with Gasteiger partial charge < -0.3 is 44.4 Å². The molecule has 8 rings (SSSR count). The van der Waals surface area contributed by atoms with Crippen LogP contribution in [0.5, 0.6) is 0 Å². The van der Waals surface area contributed by atoms with Gasteiger partial charge in [-0.05, 0) is 95.0 Å². The standard InChI is InChI=1S/C54H65N9O6/c1-32(2)46(59-52(66)68-8)50(64)61-27-11-15-44(61)48-55-30-40(57-48)34-17-21-36(22-18-34)42-25-26-43(63(42)39-14-10-13-38(29-39)54(5,6)7)37-23-19-35(20-24-37)41-31-56-49(58-41)45-16-12-28-62(45)51(65)47(33(3)4)60-53(67)69-9/h10,13-14,17-26,29-33,44-47H,11-12,15-16,27-28H2,1-9H3,(H,55,57)(H,56,58)(H,59,66)(H,60,67). The third-order valence-electron chi connectivity index (χ3n) is 13.5. The largest absolute Gasteiger partial charge is 0.453 e. The Hall–Kier alpha value is -7.16. The number of amides is 4. The number of methoxy groups -OCH3 is 2. The Labute approximate surface area is 404 Å². The zero-order valence-electron chi connectivity index (χ0n) is 41.1. The molecule has 2 aliphatic heterocycles. The maximum Gasteiger partial charge on any atom is 0.407 e. The van der Waals surface area contributed by atoms with Crippen LogP contribution < -0.4 is 10.6 Å². The van der Waals surface area contributed by atoms with Gasteiger partial charge in [0.05, 0.1) is 61.5 Å². The summed E-state index contributed by atoms with van der Waals surface area (Å²) in [5, 5.41) is 5.44. The summed E-state index contributed by atoms with van der Waals surface area (Å²) in [5.41, 5.74) is 10.0. The lowest BCUT2D eigenvalue weighted by Crippen LogP contribution is -2.51. The molecule has 2 saturated heterocycles. The van der Waals surface area contributed by atoms with Crippen LogP contribution in [-0.2, 0) is 24.5 Å². The van der Waals surface area contributed by atoms with E-state index in [-0.39, 0.29) is 41.1 Å². The first kappa shape index (κ1) is 48.3. The molecule has 0 saturated carbocycles. The van der Waals surface area contributed by atoms with Crippen LogP contribution in [0.15, 0.2) is 97.3 Å². The van der Waals surface area contributed by atoms with Crippen molar-refractivity contribution in [3.05, 3.63) is 115 Å². The fourth-order valence-electron chi connectivity index (χ4n) is 9.61. The minimum atomic E-state index is -0.705. The number of H-pyrrole nitrogens is 2. The first-order chi connectivity index (χ1) is 33.1. The summed E-state index contributed by atoms with van der Waals surface area (Å²) in [6.07, 6.45) is 5.60. The number of nitrogens with zero attached hydrogens (tertiary/aromatic N) is 5. The predicted molar refractivity (Wildman–Crippen MR) is 266 cm³/mol. The van der Waals surface area contributed by atoms with E-state index in [4.69, 9.17) is 19.4 Å². The van der Waals surface area contributed by atoms with Crippen LogP contribution in [0.25, 0.3) is 50.7 Å². The van der Waals surface area contributed by atoms with Gasteiger partial charge in [-0.1, -0.05) is 109 Å². The summed E-state index contributed by atoms with van der Waals surface area (Å²) in [5.74, 6) is 0.907. The molecule has 3 aromatic heterocycles. The molecule has 15 nitrogen and oxygen atoms in total. The maximum absolute atomic E-state index is 13.7. The molecule has 15 heteroatoms. The third kappa shape index (κ3) is 10.2. The van der Waals surface area contributed by atoms with Gasteiger partial charge >= 0.3 is 12.2 Å². The number of benzene rings is 3. The molecule has 2 fully saturated rings. The summed E-state index contributed by atoms with van der Waals surface area (Å²) in [4.78, 5) is 71.9. The lowest BCUT2D eigenvalue weighted by molar-refractivity contribution is -0.136. The van der Waals surface area contributed by atoms with Crippen molar-refractivity contribution in [3.63, 3.8) is 0 Å². The number of ether oxygens (including phenoxy) is 2. The molecule has 4 N–H and O–H groups in total. The second kappa shape index (κ2) is 20.2. The number of carbonyl (C=O) groups excluding carboxylic acids is 4. The van der Waals surface area contributed by atoms with E-state index < -0.39 is 24.3 Å². The molecule has 4 amide bonds. The fraction of sp³-hybridized carbons (Fsp3) is 0.407. The number of likely N-dealkylation sites (tertiary alicyclic amines) is 2. The van der Waals surface area contributed by atoms with E-state index in [2.05, 4.69) is 131 Å². The molecule has 0 bridgehead atoms. The van der Waals surface area contributed by atoms with Gasteiger partial charge in [-0.15, -0.1) is 0 Å². The minimum absolute atomic E-state index is 0.0591. The first-order valence-corrected chi connectivity index (χ1v) is 24.0. The summed E-state index contributed by atoms with van der Waals surface area (Å²) in [6, 6.07) is 28.1. The lowest BCUT2D eigenvalue weighted by Gasteiger charge is -2.30. The normalized spacial score (nSPS) is 17.0. The quantitative estimate of drug-likeness (QED) is 0.0884. The second-order valence-electron chi connectivity index (χ2n) is 19.9. The molecule has 5 heterocycles. The zero-order valence-corrected chi connectivity index (χ0v) is 41.1. The smallest absolute Gasteiger partial charge is 0.407 e. The summed E-state index contributed by atoms with van der Waals surface area (Å²) in [7, 11) is 2.59. The Balaban J connectivity index is 1.05. The van der Waals surface area contributed by atoms with Gasteiger partial charge in [0.15, 0.2) is 0 Å². The highest BCUT2D eigenvalue weighted by Gasteiger charge is 2.39. The Bertz CT molecular complexity index is 2620. The molecular weight excluding hydrogens is 871 g/mol. The number of imidazole rings is 2. The van der Waals surface area contributed by atoms with Crippen molar-refractivity contribution in [3.8, 4) is 50.7 Å². The molecule has 362 valence electrons. The molecule has 0 spiro atoms. The zero-order chi connectivity index (χ0) is 49.1. The average Bonchev–Trinajstić information content (AvgIpc) is 4.21. The van der Waals surface area contributed by atoms with E-state index >= 15 is 0 Å². The highest BCUT2D eigenvalue weighted by molar-refractivity contribution is 5.87. The van der Waals surface area contributed by atoms with Crippen molar-refractivity contribution < 1.29 is 28.7 Å². The highest BCUT2D eigenvalue weighted by atomic mass is 16.5. The fourth-order valence-corrected chi connectivity index (χ4v) is 9.61. The second-order valence-corrected chi connectivity index (χ2v) is 19.9. The van der Waals surface area contributed by atoms with Gasteiger partial charge in [0.25, 0.3) is 0 Å². The van der Waals surface area contributed by atoms with E-state index in [0.717, 1.165) is 88.0 Å². The highest BCUT2D eigenvalue weighted by Crippen LogP contribution is 2.38. The topological polar surface area (TPSA) is 180 Å². The van der Waals surface area contributed by atoms with Gasteiger partial charge in [-0.3, -0.25) is 9.59 Å². The van der Waals surface area contributed by atoms with Crippen molar-refractivity contribution in [2.24, 2.45) is 11.8 Å². The number of rotatable bonds is 13. The van der Waals surface area contributed by atoms with Crippen molar-refractivity contribution in [2.75, 3.05) is 27.3 Å². The molecule has 3 aromatic carbocycles. The van der Waals surface area contributed by atoms with E-state index in [0.29, 0.717) is 13.1 Å². The van der Waals surface area contributed by atoms with Crippen LogP contribution in [0, 0.1) is 11.8 Å². The van der Waals surface area contributed by atoms with Crippen molar-refractivity contribution in [1.82, 2.24) is 44.9 Å². The van der Waals surface area contributed by atoms with E-state index in [9.17, 15) is 19.2 Å². The Morgan fingerprint density at radius 3 is 1.43 bits per heavy atom. The molecule has 0 radical (unpaired) electrons. The van der Waals surface area contributed by atoms with E-state index in [1.165, 1.54) is 19.8 Å². The van der Waals surface area contributed by atoms with Gasteiger partial charge in [0.2, 0.25) is 11.8 Å². The molecule has 4 atom stereocenters. The van der Waals surface area contributed by atoms with E-state index in [1.807, 2.05) is 49.9 Å². The van der Waals surface area contributed by atoms with Crippen LogP contribution in [-0.4, -0.2) is 97.7 Å². The van der Waals surface area contributed by atoms with Gasteiger partial charge in [0.1, 0.15) is 23.7 Å². The summed E-state index contributed by atoms with van der Waals surface area (Å²) in [6.45, 7) is 15.5. The maximum atomic E-state index is 13.7. The van der Waals surface area contributed by atoms with Crippen molar-refractivity contribution >= 4 is 24.0 Å². The third-order valence-corrected chi connectivity index (χ3v) is 13.5. The van der Waals surface area contributed by atoms with E-state index in [1.54, 1.807) is 0 Å². The van der Waals surface area contributed by atoms with Crippen LogP contribution in [0.3, 0.4) is 0 Å². The molecule has 2 aliphatic rings.